The Hall–Kier alpha value is -18.6. The van der Waals surface area contributed by atoms with Gasteiger partial charge >= 0.3 is 0 Å². The van der Waals surface area contributed by atoms with Crippen molar-refractivity contribution >= 4 is 174 Å². The zero-order valence-electron chi connectivity index (χ0n) is 74.1. The Balaban J connectivity index is 0.0000000959. The monoisotopic (exact) mass is 1750 g/mol. The van der Waals surface area contributed by atoms with Crippen LogP contribution in [0.4, 0.5) is 0 Å². The Morgan fingerprint density at radius 2 is 0.551 bits per heavy atom. The highest BCUT2D eigenvalue weighted by Crippen LogP contribution is 2.57. The van der Waals surface area contributed by atoms with E-state index in [4.69, 9.17) is 29.3 Å². The number of nitrogens with zero attached hydrogens (tertiary/aromatic N) is 8. The topological polar surface area (TPSA) is 92.4 Å². The molecule has 9 nitrogen and oxygen atoms in total. The molecule has 0 saturated heterocycles. The third-order valence-electron chi connectivity index (χ3n) is 29.9. The first-order valence-electron chi connectivity index (χ1n) is 47.3. The minimum atomic E-state index is 0.695. The number of furan rings is 1. The summed E-state index contributed by atoms with van der Waals surface area (Å²) in [5.41, 5.74) is 37.3. The summed E-state index contributed by atoms with van der Waals surface area (Å²) in [5.74, 6) is 2.46. The lowest BCUT2D eigenvalue weighted by Gasteiger charge is -2.16. The number of hydrogen-bond donors (Lipinski definition) is 0. The van der Waals surface area contributed by atoms with Gasteiger partial charge in [-0.2, -0.15) is 0 Å². The van der Waals surface area contributed by atoms with Crippen LogP contribution in [0.3, 0.4) is 0 Å². The molecule has 4 aliphatic carbocycles. The summed E-state index contributed by atoms with van der Waals surface area (Å²) in [7, 11) is 0. The molecule has 0 N–H and O–H groups in total. The van der Waals surface area contributed by atoms with Crippen LogP contribution < -0.4 is 0 Å². The number of rotatable bonds is 6. The van der Waals surface area contributed by atoms with Crippen molar-refractivity contribution in [1.29, 1.82) is 0 Å². The average Bonchev–Trinajstić information content (AvgIpc) is 1.63. The second kappa shape index (κ2) is 28.5. The standard InChI is InChI=1S/C45H24N2O.C42H23N3.C42H25N3/c1-2-13-27-26(12-1)28-19-9-11-25-23-24-36-42(38(25)28)40-29(27)20-10-21-35(40)47(36)45-33-17-6-4-15-31(33)41-43(46-45)32-16-5-3-14-30(32)39-34-18-7-8-22-37(34)48-44(39)41;1-2-10-26(11-3-1)40-38-31-19-7-12-24-13-8-20-32(35(24)31)41(38)44-42(43-40)45-33-21-9-18-30-28-16-5-4-15-27(28)29-17-6-14-25-22-23-34(45)39(36(25)29)37(30)33;1-2-11-26(12-3-1)28-14-8-15-29(25-28)41-42(44-35-21-7-6-20-34(35)43-41)45-36-22-10-19-33-31-17-5-4-16-30(31)32-18-9-13-27-23-24-37(45)40(38(27)32)39(33)36/h1-24H;1-23H;1-25H. The molecule has 0 fully saturated rings. The van der Waals surface area contributed by atoms with Gasteiger partial charge in [0.25, 0.3) is 0 Å². The lowest BCUT2D eigenvalue weighted by atomic mass is 9.93. The van der Waals surface area contributed by atoms with Gasteiger partial charge in [0.2, 0.25) is 5.95 Å². The smallest absolute Gasteiger partial charge is 0.235 e. The molecule has 9 heteroatoms. The normalized spacial score (nSPS) is 12.3. The molecule has 0 atom stereocenters. The van der Waals surface area contributed by atoms with Gasteiger partial charge in [0, 0.05) is 76.1 Å². The summed E-state index contributed by atoms with van der Waals surface area (Å²) in [6.45, 7) is 0. The average molecular weight is 1750 g/mol. The van der Waals surface area contributed by atoms with E-state index in [0.29, 0.717) is 5.95 Å². The lowest BCUT2D eigenvalue weighted by Crippen LogP contribution is -2.05. The van der Waals surface area contributed by atoms with Gasteiger partial charge in [0.1, 0.15) is 22.7 Å². The Morgan fingerprint density at radius 3 is 1.09 bits per heavy atom. The van der Waals surface area contributed by atoms with Crippen LogP contribution in [0.1, 0.15) is 0 Å². The first-order chi connectivity index (χ1) is 68.5. The van der Waals surface area contributed by atoms with Crippen molar-refractivity contribution < 1.29 is 4.42 Å². The van der Waals surface area contributed by atoms with Gasteiger partial charge < -0.3 is 4.42 Å². The second-order valence-corrected chi connectivity index (χ2v) is 36.9. The minimum absolute atomic E-state index is 0.695. The van der Waals surface area contributed by atoms with E-state index in [-0.39, 0.29) is 0 Å². The Kier molecular flexibility index (Phi) is 15.5. The first-order valence-corrected chi connectivity index (χ1v) is 47.3. The van der Waals surface area contributed by atoms with Crippen molar-refractivity contribution in [2.24, 2.45) is 0 Å². The van der Waals surface area contributed by atoms with Crippen LogP contribution in [-0.4, -0.2) is 38.6 Å². The number of fused-ring (bicyclic) bond motifs is 23. The number of benzene rings is 22. The molecule has 4 aliphatic rings. The van der Waals surface area contributed by atoms with Crippen molar-refractivity contribution in [3.8, 4) is 140 Å². The van der Waals surface area contributed by atoms with Crippen LogP contribution in [0.2, 0.25) is 0 Å². The van der Waals surface area contributed by atoms with Gasteiger partial charge in [-0.15, -0.1) is 0 Å². The van der Waals surface area contributed by atoms with Gasteiger partial charge in [0.15, 0.2) is 5.82 Å². The van der Waals surface area contributed by atoms with Gasteiger partial charge in [0.05, 0.1) is 66.4 Å². The Morgan fingerprint density at radius 1 is 0.181 bits per heavy atom. The van der Waals surface area contributed by atoms with Crippen LogP contribution in [0.5, 0.6) is 0 Å². The van der Waals surface area contributed by atoms with Crippen molar-refractivity contribution in [1.82, 2.24) is 38.6 Å². The van der Waals surface area contributed by atoms with Crippen LogP contribution in [0.25, 0.3) is 314 Å². The molecule has 7 aromatic heterocycles. The summed E-state index contributed by atoms with van der Waals surface area (Å²) in [6, 6.07) is 157. The fraction of sp³-hybridized carbons (Fsp3) is 0. The molecule has 0 bridgehead atoms. The lowest BCUT2D eigenvalue weighted by molar-refractivity contribution is 0.673. The van der Waals surface area contributed by atoms with Gasteiger partial charge in [-0.05, 0) is 198 Å². The molecule has 634 valence electrons. The van der Waals surface area contributed by atoms with E-state index in [9.17, 15) is 0 Å². The Bertz CT molecular complexity index is 10500. The highest BCUT2D eigenvalue weighted by atomic mass is 16.3. The van der Waals surface area contributed by atoms with Gasteiger partial charge in [-0.1, -0.05) is 376 Å². The minimum Gasteiger partial charge on any atom is -0.455 e. The number of para-hydroxylation sites is 3. The summed E-state index contributed by atoms with van der Waals surface area (Å²) in [5, 5.41) is 25.6. The largest absolute Gasteiger partial charge is 0.455 e. The zero-order valence-corrected chi connectivity index (χ0v) is 74.1. The van der Waals surface area contributed by atoms with Crippen molar-refractivity contribution in [3.63, 3.8) is 0 Å². The van der Waals surface area contributed by atoms with Crippen LogP contribution in [0.15, 0.2) is 441 Å². The van der Waals surface area contributed by atoms with E-state index in [0.717, 1.165) is 149 Å². The molecule has 0 radical (unpaired) electrons. The summed E-state index contributed by atoms with van der Waals surface area (Å²) < 4.78 is 13.8. The quantitative estimate of drug-likeness (QED) is 0.154. The molecule has 0 unspecified atom stereocenters. The second-order valence-electron chi connectivity index (χ2n) is 36.9. The van der Waals surface area contributed by atoms with E-state index in [1.807, 2.05) is 18.2 Å². The summed E-state index contributed by atoms with van der Waals surface area (Å²) in [6.07, 6.45) is 0. The molecule has 138 heavy (non-hydrogen) atoms. The molecule has 33 rings (SSSR count). The van der Waals surface area contributed by atoms with Gasteiger partial charge in [-0.3, -0.25) is 13.7 Å². The highest BCUT2D eigenvalue weighted by Gasteiger charge is 2.35. The third kappa shape index (κ3) is 10.4. The number of aromatic nitrogens is 8. The van der Waals surface area contributed by atoms with Crippen LogP contribution in [-0.2, 0) is 0 Å². The zero-order chi connectivity index (χ0) is 89.8. The van der Waals surface area contributed by atoms with E-state index in [2.05, 4.69) is 432 Å². The fourth-order valence-electron chi connectivity index (χ4n) is 24.3. The molecule has 22 aromatic carbocycles. The van der Waals surface area contributed by atoms with Crippen molar-refractivity contribution in [2.75, 3.05) is 0 Å². The highest BCUT2D eigenvalue weighted by molar-refractivity contribution is 6.37. The molecule has 0 amide bonds. The van der Waals surface area contributed by atoms with Crippen LogP contribution >= 0.6 is 0 Å². The maximum atomic E-state index is 6.72. The number of hydrogen-bond acceptors (Lipinski definition) is 6. The SMILES string of the molecule is c1ccc(-c2cccc(-c3nc4ccccc4nc3-n3c4cccc5c4c4c6c(cccc6ccc43)-c3ccccc3-5)c2)cc1.c1ccc(-c2nc(-n3c4cccc5c4c4c6c(cccc6ccc43)-c3ccccc3-5)nc3c2-c2cccc4cccc-3c24)cc1.c1ccc2c(c1)-c1cccc3ccc4c(c13)c1c-2cccc1n4-c1nc2c3ccccc3c3c4ccccc4oc3c2c2ccccc12. The maximum Gasteiger partial charge on any atom is 0.235 e. The predicted octanol–water partition coefficient (Wildman–Crippen LogP) is 34.0. The van der Waals surface area contributed by atoms with Crippen molar-refractivity contribution in [2.45, 2.75) is 0 Å². The van der Waals surface area contributed by atoms with Crippen LogP contribution in [0, 0.1) is 0 Å². The number of pyridine rings is 1. The Labute approximate surface area is 788 Å². The first kappa shape index (κ1) is 75.0. The van der Waals surface area contributed by atoms with E-state index < -0.39 is 0 Å². The van der Waals surface area contributed by atoms with Gasteiger partial charge in [-0.25, -0.2) is 24.9 Å². The molecule has 0 aliphatic heterocycles. The molecule has 0 spiro atoms. The fourth-order valence-corrected chi connectivity index (χ4v) is 24.3. The summed E-state index contributed by atoms with van der Waals surface area (Å²) >= 11 is 0. The van der Waals surface area contributed by atoms with Crippen molar-refractivity contribution in [3.05, 3.63) is 437 Å². The molecular formula is C129H72N8O. The third-order valence-corrected chi connectivity index (χ3v) is 29.9. The summed E-state index contributed by atoms with van der Waals surface area (Å²) in [4.78, 5) is 27.3. The predicted molar refractivity (Wildman–Crippen MR) is 573 cm³/mol. The van der Waals surface area contributed by atoms with E-state index in [1.54, 1.807) is 0 Å². The van der Waals surface area contributed by atoms with E-state index >= 15 is 0 Å². The molecular weight excluding hydrogens is 1680 g/mol. The maximum absolute atomic E-state index is 6.72. The molecule has 29 aromatic rings. The van der Waals surface area contributed by atoms with E-state index in [1.165, 1.54) is 159 Å². The molecule has 0 saturated carbocycles. The molecule has 7 heterocycles.